The van der Waals surface area contributed by atoms with Crippen molar-refractivity contribution in [2.75, 3.05) is 0 Å². The van der Waals surface area contributed by atoms with Crippen LogP contribution in [-0.4, -0.2) is 67.3 Å². The summed E-state index contributed by atoms with van der Waals surface area (Å²) in [4.78, 5) is 84.1. The van der Waals surface area contributed by atoms with Crippen LogP contribution >= 0.6 is 0 Å². The molecular formula is C32H36O13. The van der Waals surface area contributed by atoms with Crippen LogP contribution in [0.1, 0.15) is 133 Å². The summed E-state index contributed by atoms with van der Waals surface area (Å²) >= 11 is 0. The van der Waals surface area contributed by atoms with E-state index in [2.05, 4.69) is 36.0 Å². The number of unbranched alkanes of at least 4 members (excludes halogenated alkanes) is 4. The Balaban J connectivity index is 2.85. The number of carbonyl (C=O) groups is 7. The highest BCUT2D eigenvalue weighted by Crippen LogP contribution is 2.31. The molecular weight excluding hydrogens is 592 g/mol. The molecule has 0 bridgehead atoms. The molecule has 0 saturated carbocycles. The lowest BCUT2D eigenvalue weighted by Crippen LogP contribution is -2.29. The molecule has 0 atom stereocenters. The number of carboxylic acids is 5. The van der Waals surface area contributed by atoms with Gasteiger partial charge in [-0.1, -0.05) is 68.4 Å². The highest BCUT2D eigenvalue weighted by molar-refractivity contribution is 6.23. The summed E-state index contributed by atoms with van der Waals surface area (Å²) in [5.74, 6) is -14.6. The van der Waals surface area contributed by atoms with Crippen LogP contribution in [0.3, 0.4) is 0 Å². The second kappa shape index (κ2) is 19.8. The van der Waals surface area contributed by atoms with Gasteiger partial charge in [0.1, 0.15) is 0 Å². The number of ether oxygens (including phenoxy) is 1. The Bertz CT molecular complexity index is 1360. The molecule has 0 aliphatic rings. The molecule has 0 aromatic heterocycles. The molecule has 13 heteroatoms. The quantitative estimate of drug-likeness (QED) is 0.0483. The van der Waals surface area contributed by atoms with Gasteiger partial charge in [0.15, 0.2) is 0 Å². The number of allylic oxidation sites excluding steroid dienone is 8. The first-order valence-corrected chi connectivity index (χ1v) is 14.1. The predicted octanol–water partition coefficient (Wildman–Crippen LogP) is 6.01. The number of esters is 2. The Morgan fingerprint density at radius 1 is 0.489 bits per heavy atom. The van der Waals surface area contributed by atoms with Gasteiger partial charge in [0.05, 0.1) is 33.4 Å². The number of carbonyl (C=O) groups excluding carboxylic acids is 2. The van der Waals surface area contributed by atoms with E-state index in [0.29, 0.717) is 12.8 Å². The normalized spacial score (nSPS) is 11.5. The van der Waals surface area contributed by atoms with Crippen LogP contribution in [-0.2, 0) is 9.53 Å². The predicted molar refractivity (Wildman–Crippen MR) is 160 cm³/mol. The molecule has 1 aromatic carbocycles. The van der Waals surface area contributed by atoms with Gasteiger partial charge in [0, 0.05) is 6.42 Å². The van der Waals surface area contributed by atoms with Crippen molar-refractivity contribution in [1.82, 2.24) is 0 Å². The molecule has 242 valence electrons. The Morgan fingerprint density at radius 2 is 0.822 bits per heavy atom. The molecule has 1 aromatic rings. The third-order valence-electron chi connectivity index (χ3n) is 6.19. The van der Waals surface area contributed by atoms with Crippen LogP contribution < -0.4 is 0 Å². The molecule has 13 nitrogen and oxygen atoms in total. The second-order valence-corrected chi connectivity index (χ2v) is 9.52. The first kappa shape index (κ1) is 37.7. The molecule has 0 aliphatic carbocycles. The Hall–Kier alpha value is -5.33. The van der Waals surface area contributed by atoms with Crippen LogP contribution in [0.4, 0.5) is 0 Å². The van der Waals surface area contributed by atoms with Gasteiger partial charge in [-0.3, -0.25) is 4.79 Å². The summed E-state index contributed by atoms with van der Waals surface area (Å²) in [5.41, 5.74) is -9.91. The molecule has 0 saturated heterocycles. The molecule has 5 N–H and O–H groups in total. The van der Waals surface area contributed by atoms with Gasteiger partial charge < -0.3 is 30.3 Å². The van der Waals surface area contributed by atoms with E-state index in [0.717, 1.165) is 19.3 Å². The van der Waals surface area contributed by atoms with Gasteiger partial charge in [-0.25, -0.2) is 28.8 Å². The highest BCUT2D eigenvalue weighted by atomic mass is 16.6. The van der Waals surface area contributed by atoms with Crippen LogP contribution in [0, 0.1) is 0 Å². The van der Waals surface area contributed by atoms with E-state index in [1.54, 1.807) is 6.08 Å². The lowest BCUT2D eigenvalue weighted by molar-refractivity contribution is -0.138. The van der Waals surface area contributed by atoms with Gasteiger partial charge >= 0.3 is 41.8 Å². The zero-order valence-electron chi connectivity index (χ0n) is 24.7. The maximum atomic E-state index is 12.8. The fraction of sp³-hybridized carbons (Fsp3) is 0.344. The van der Waals surface area contributed by atoms with Gasteiger partial charge in [-0.2, -0.15) is 0 Å². The van der Waals surface area contributed by atoms with Crippen LogP contribution in [0.2, 0.25) is 0 Å². The van der Waals surface area contributed by atoms with Crippen molar-refractivity contribution in [3.8, 4) is 0 Å². The van der Waals surface area contributed by atoms with E-state index in [9.17, 15) is 59.1 Å². The average Bonchev–Trinajstić information content (AvgIpc) is 2.96. The van der Waals surface area contributed by atoms with Crippen molar-refractivity contribution in [3.63, 3.8) is 0 Å². The third kappa shape index (κ3) is 12.1. The monoisotopic (exact) mass is 628 g/mol. The summed E-state index contributed by atoms with van der Waals surface area (Å²) in [6.07, 6.45) is 23.3. The van der Waals surface area contributed by atoms with E-state index in [-0.39, 0.29) is 12.8 Å². The maximum Gasteiger partial charge on any atom is 0.347 e. The minimum absolute atomic E-state index is 0.164. The lowest BCUT2D eigenvalue weighted by Gasteiger charge is -2.17. The number of benzene rings is 1. The van der Waals surface area contributed by atoms with Crippen molar-refractivity contribution < 1.29 is 63.8 Å². The fourth-order valence-corrected chi connectivity index (χ4v) is 4.15. The maximum absolute atomic E-state index is 12.8. The van der Waals surface area contributed by atoms with E-state index < -0.39 is 75.2 Å². The number of hydrogen-bond acceptors (Lipinski definition) is 8. The minimum Gasteiger partial charge on any atom is -0.478 e. The van der Waals surface area contributed by atoms with Gasteiger partial charge in [-0.15, -0.1) is 0 Å². The molecule has 0 aliphatic heterocycles. The Labute approximate surface area is 258 Å². The molecule has 0 fully saturated rings. The number of hydrogen-bond donors (Lipinski definition) is 5. The zero-order valence-corrected chi connectivity index (χ0v) is 24.7. The Morgan fingerprint density at radius 3 is 1.18 bits per heavy atom. The highest BCUT2D eigenvalue weighted by Gasteiger charge is 2.41. The topological polar surface area (TPSA) is 230 Å². The zero-order chi connectivity index (χ0) is 33.9. The average molecular weight is 629 g/mol. The number of aromatic carboxylic acids is 5. The minimum atomic E-state index is -2.28. The number of rotatable bonds is 20. The molecule has 0 spiro atoms. The van der Waals surface area contributed by atoms with Gasteiger partial charge in [0.2, 0.25) is 0 Å². The first-order valence-electron chi connectivity index (χ1n) is 14.1. The van der Waals surface area contributed by atoms with Crippen molar-refractivity contribution in [3.05, 3.63) is 82.0 Å². The van der Waals surface area contributed by atoms with Gasteiger partial charge in [0.25, 0.3) is 0 Å². The molecule has 0 amide bonds. The van der Waals surface area contributed by atoms with Crippen molar-refractivity contribution in [2.45, 2.75) is 71.1 Å². The van der Waals surface area contributed by atoms with Crippen LogP contribution in [0.5, 0.6) is 0 Å². The van der Waals surface area contributed by atoms with E-state index in [4.69, 9.17) is 0 Å². The summed E-state index contributed by atoms with van der Waals surface area (Å²) < 4.78 is 4.53. The van der Waals surface area contributed by atoms with E-state index in [1.807, 2.05) is 18.2 Å². The van der Waals surface area contributed by atoms with Crippen molar-refractivity contribution in [2.24, 2.45) is 0 Å². The Kier molecular flexibility index (Phi) is 16.6. The standard InChI is InChI=1S/C32H36O13/c1-2-3-4-5-6-7-8-9-10-11-12-13-14-15-16-17-18-19-20(33)45-32(44)26-24(30(40)41)22(28(36)37)21(27(34)35)23(29(38)39)25(26)31(42)43/h6-7,9-10,12-13,15-16H,2-5,8,11,14,17-19H2,1H3,(H,34,35)(H,36,37)(H,38,39)(H,40,41)(H,42,43). The van der Waals surface area contributed by atoms with E-state index >= 15 is 0 Å². The smallest absolute Gasteiger partial charge is 0.347 e. The molecule has 1 rings (SSSR count). The van der Waals surface area contributed by atoms with Crippen molar-refractivity contribution >= 4 is 41.8 Å². The fourth-order valence-electron chi connectivity index (χ4n) is 4.15. The molecule has 45 heavy (non-hydrogen) atoms. The molecule has 0 unspecified atom stereocenters. The van der Waals surface area contributed by atoms with Crippen LogP contribution in [0.25, 0.3) is 0 Å². The van der Waals surface area contributed by atoms with Gasteiger partial charge in [-0.05, 0) is 44.9 Å². The SMILES string of the molecule is CCCCCC=CCC=CCC=CCC=CCCCC(=O)OC(=O)c1c(C(=O)O)c(C(=O)O)c(C(=O)O)c(C(=O)O)c1C(=O)O. The van der Waals surface area contributed by atoms with Crippen molar-refractivity contribution in [1.29, 1.82) is 0 Å². The third-order valence-corrected chi connectivity index (χ3v) is 6.19. The first-order chi connectivity index (χ1) is 21.4. The summed E-state index contributed by atoms with van der Waals surface area (Å²) in [5, 5.41) is 47.5. The van der Waals surface area contributed by atoms with E-state index in [1.165, 1.54) is 19.3 Å². The second-order valence-electron chi connectivity index (χ2n) is 9.52. The number of carboxylic acid groups (broad SMARTS) is 5. The summed E-state index contributed by atoms with van der Waals surface area (Å²) in [6.45, 7) is 2.17. The summed E-state index contributed by atoms with van der Waals surface area (Å²) in [6, 6.07) is 0. The molecule has 0 heterocycles. The lowest BCUT2D eigenvalue weighted by atomic mass is 9.86. The summed E-state index contributed by atoms with van der Waals surface area (Å²) in [7, 11) is 0. The van der Waals surface area contributed by atoms with Crippen LogP contribution in [0.15, 0.2) is 48.6 Å². The largest absolute Gasteiger partial charge is 0.478 e. The molecule has 0 radical (unpaired) electrons.